The third kappa shape index (κ3) is 1.92. The number of nitrogens with two attached hydrogens (primary N) is 1. The second-order valence-corrected chi connectivity index (χ2v) is 3.66. The van der Waals surface area contributed by atoms with Crippen molar-refractivity contribution >= 4 is 5.82 Å². The van der Waals surface area contributed by atoms with Gasteiger partial charge in [0.2, 0.25) is 0 Å². The Bertz CT molecular complexity index is 433. The van der Waals surface area contributed by atoms with Crippen LogP contribution in [0.2, 0.25) is 0 Å². The molecule has 1 aromatic rings. The van der Waals surface area contributed by atoms with E-state index in [0.29, 0.717) is 0 Å². The molecule has 7 heteroatoms. The van der Waals surface area contributed by atoms with Crippen LogP contribution in [0.25, 0.3) is 0 Å². The predicted octanol–water partition coefficient (Wildman–Crippen LogP) is -1.53. The maximum atomic E-state index is 11.5. The first-order valence-corrected chi connectivity index (χ1v) is 4.91. The van der Waals surface area contributed by atoms with Crippen LogP contribution < -0.4 is 11.4 Å². The van der Waals surface area contributed by atoms with E-state index in [4.69, 9.17) is 15.6 Å². The fourth-order valence-corrected chi connectivity index (χ4v) is 1.70. The second kappa shape index (κ2) is 4.20. The van der Waals surface area contributed by atoms with Gasteiger partial charge in [-0.1, -0.05) is 0 Å². The summed E-state index contributed by atoms with van der Waals surface area (Å²) in [5.74, 6) is 0.138. The van der Waals surface area contributed by atoms with Gasteiger partial charge in [-0.25, -0.2) is 4.79 Å². The van der Waals surface area contributed by atoms with Crippen LogP contribution in [0.3, 0.4) is 0 Å². The third-order valence-electron chi connectivity index (χ3n) is 2.55. The molecule has 4 N–H and O–H groups in total. The highest BCUT2D eigenvalue weighted by Gasteiger charge is 2.34. The first kappa shape index (κ1) is 11.1. The quantitative estimate of drug-likeness (QED) is 0.565. The molecule has 1 aromatic heterocycles. The first-order chi connectivity index (χ1) is 7.61. The number of hydrogen-bond acceptors (Lipinski definition) is 6. The van der Waals surface area contributed by atoms with Crippen LogP contribution in [0.5, 0.6) is 0 Å². The predicted molar refractivity (Wildman–Crippen MR) is 54.5 cm³/mol. The maximum absolute atomic E-state index is 11.5. The number of ether oxygens (including phenoxy) is 1. The summed E-state index contributed by atoms with van der Waals surface area (Å²) < 4.78 is 6.56. The van der Waals surface area contributed by atoms with Gasteiger partial charge in [0, 0.05) is 12.6 Å². The average Bonchev–Trinajstić information content (AvgIpc) is 2.59. The molecule has 0 radical (unpaired) electrons. The largest absolute Gasteiger partial charge is 0.394 e. The van der Waals surface area contributed by atoms with Gasteiger partial charge in [-0.3, -0.25) is 4.57 Å². The molecule has 1 aliphatic rings. The number of hydrogen-bond donors (Lipinski definition) is 3. The summed E-state index contributed by atoms with van der Waals surface area (Å²) in [6.07, 6.45) is -0.333. The Labute approximate surface area is 91.1 Å². The number of rotatable bonds is 2. The van der Waals surface area contributed by atoms with Gasteiger partial charge in [0.1, 0.15) is 18.1 Å². The van der Waals surface area contributed by atoms with Gasteiger partial charge in [-0.2, -0.15) is 4.98 Å². The van der Waals surface area contributed by atoms with E-state index in [2.05, 4.69) is 4.98 Å². The molecule has 1 aliphatic heterocycles. The zero-order valence-electron chi connectivity index (χ0n) is 8.48. The highest BCUT2D eigenvalue weighted by Crippen LogP contribution is 2.27. The first-order valence-electron chi connectivity index (χ1n) is 4.91. The molecular weight excluding hydrogens is 214 g/mol. The Hall–Kier alpha value is -1.44. The van der Waals surface area contributed by atoms with Crippen molar-refractivity contribution in [1.29, 1.82) is 0 Å². The lowest BCUT2D eigenvalue weighted by atomic mass is 10.2. The molecule has 0 aromatic carbocycles. The summed E-state index contributed by atoms with van der Waals surface area (Å²) in [6.45, 7) is -0.283. The molecule has 0 saturated carbocycles. The van der Waals surface area contributed by atoms with E-state index in [-0.39, 0.29) is 18.8 Å². The van der Waals surface area contributed by atoms with Crippen LogP contribution in [0.4, 0.5) is 5.82 Å². The molecule has 3 atom stereocenters. The number of nitrogens with zero attached hydrogens (tertiary/aromatic N) is 2. The molecule has 0 spiro atoms. The average molecular weight is 227 g/mol. The van der Waals surface area contributed by atoms with Crippen LogP contribution >= 0.6 is 0 Å². The minimum Gasteiger partial charge on any atom is -0.394 e. The van der Waals surface area contributed by atoms with Crippen LogP contribution in [0, 0.1) is 0 Å². The fourth-order valence-electron chi connectivity index (χ4n) is 1.70. The lowest BCUT2D eigenvalue weighted by Crippen LogP contribution is -2.27. The van der Waals surface area contributed by atoms with Gasteiger partial charge < -0.3 is 20.7 Å². The minimum atomic E-state index is -0.778. The number of aliphatic hydroxyl groups excluding tert-OH is 2. The normalized spacial score (nSPS) is 29.5. The topological polar surface area (TPSA) is 111 Å². The molecule has 0 bridgehead atoms. The molecular formula is C9H13N3O4. The smallest absolute Gasteiger partial charge is 0.351 e. The molecule has 7 nitrogen and oxygen atoms in total. The van der Waals surface area contributed by atoms with E-state index >= 15 is 0 Å². The van der Waals surface area contributed by atoms with Crippen molar-refractivity contribution in [1.82, 2.24) is 9.55 Å². The Kier molecular flexibility index (Phi) is 2.90. The van der Waals surface area contributed by atoms with Crippen LogP contribution in [0.15, 0.2) is 17.1 Å². The zero-order valence-corrected chi connectivity index (χ0v) is 8.48. The standard InChI is InChI=1S/C9H13N3O4/c10-7-1-2-12(9(15)11-7)8-3-5(14)6(4-13)16-8/h1-2,5-6,8,13-14H,3-4H2,(H2,10,11,15)/t5-,6-,8+/m1/s1. The molecule has 0 aliphatic carbocycles. The number of aromatic nitrogens is 2. The summed E-state index contributed by atoms with van der Waals surface area (Å²) in [4.78, 5) is 15.0. The van der Waals surface area contributed by atoms with Crippen molar-refractivity contribution in [2.45, 2.75) is 24.9 Å². The van der Waals surface area contributed by atoms with E-state index in [1.54, 1.807) is 0 Å². The Morgan fingerprint density at radius 2 is 2.44 bits per heavy atom. The monoisotopic (exact) mass is 227 g/mol. The SMILES string of the molecule is Nc1ccn([C@@H]2C[C@@H](O)[C@@H](CO)O2)c(=O)n1. The van der Waals surface area contributed by atoms with E-state index in [0.717, 1.165) is 0 Å². The Balaban J connectivity index is 2.23. The summed E-state index contributed by atoms with van der Waals surface area (Å²) in [6, 6.07) is 1.48. The lowest BCUT2D eigenvalue weighted by molar-refractivity contribution is -0.0458. The number of anilines is 1. The summed E-state index contributed by atoms with van der Waals surface area (Å²) >= 11 is 0. The number of aliphatic hydroxyl groups is 2. The van der Waals surface area contributed by atoms with Crippen molar-refractivity contribution in [2.75, 3.05) is 12.3 Å². The zero-order chi connectivity index (χ0) is 11.7. The molecule has 0 amide bonds. The lowest BCUT2D eigenvalue weighted by Gasteiger charge is -2.13. The maximum Gasteiger partial charge on any atom is 0.351 e. The van der Waals surface area contributed by atoms with Gasteiger partial charge in [-0.15, -0.1) is 0 Å². The fraction of sp³-hybridized carbons (Fsp3) is 0.556. The highest BCUT2D eigenvalue weighted by molar-refractivity contribution is 5.23. The van der Waals surface area contributed by atoms with Gasteiger partial charge in [0.25, 0.3) is 0 Å². The molecule has 1 fully saturated rings. The van der Waals surface area contributed by atoms with E-state index in [1.165, 1.54) is 16.8 Å². The summed E-state index contributed by atoms with van der Waals surface area (Å²) in [7, 11) is 0. The van der Waals surface area contributed by atoms with Gasteiger partial charge >= 0.3 is 5.69 Å². The van der Waals surface area contributed by atoms with E-state index in [9.17, 15) is 9.90 Å². The van der Waals surface area contributed by atoms with Crippen molar-refractivity contribution < 1.29 is 14.9 Å². The van der Waals surface area contributed by atoms with Gasteiger partial charge in [-0.05, 0) is 6.07 Å². The van der Waals surface area contributed by atoms with Crippen molar-refractivity contribution in [3.63, 3.8) is 0 Å². The number of nitrogen functional groups attached to an aromatic ring is 1. The van der Waals surface area contributed by atoms with Crippen molar-refractivity contribution in [3.05, 3.63) is 22.7 Å². The van der Waals surface area contributed by atoms with Crippen molar-refractivity contribution in [2.24, 2.45) is 0 Å². The molecule has 2 rings (SSSR count). The molecule has 88 valence electrons. The third-order valence-corrected chi connectivity index (χ3v) is 2.55. The van der Waals surface area contributed by atoms with Crippen LogP contribution in [-0.2, 0) is 4.74 Å². The van der Waals surface area contributed by atoms with Crippen LogP contribution in [0.1, 0.15) is 12.6 Å². The minimum absolute atomic E-state index is 0.138. The second-order valence-electron chi connectivity index (χ2n) is 3.66. The summed E-state index contributed by atoms with van der Waals surface area (Å²) in [5.41, 5.74) is 4.82. The van der Waals surface area contributed by atoms with E-state index < -0.39 is 24.1 Å². The molecule has 1 saturated heterocycles. The van der Waals surface area contributed by atoms with Crippen molar-refractivity contribution in [3.8, 4) is 0 Å². The Morgan fingerprint density at radius 1 is 1.69 bits per heavy atom. The Morgan fingerprint density at radius 3 is 3.00 bits per heavy atom. The molecule has 0 unspecified atom stereocenters. The molecule has 16 heavy (non-hydrogen) atoms. The van der Waals surface area contributed by atoms with E-state index in [1.807, 2.05) is 0 Å². The van der Waals surface area contributed by atoms with Gasteiger partial charge in [0.15, 0.2) is 0 Å². The van der Waals surface area contributed by atoms with Crippen LogP contribution in [-0.4, -0.2) is 38.6 Å². The highest BCUT2D eigenvalue weighted by atomic mass is 16.5. The summed E-state index contributed by atoms with van der Waals surface area (Å²) in [5, 5.41) is 18.4. The van der Waals surface area contributed by atoms with Gasteiger partial charge in [0.05, 0.1) is 12.7 Å². The molecule has 2 heterocycles.